The second-order valence-corrected chi connectivity index (χ2v) is 3.34. The molecular formula is C9H15N5. The lowest BCUT2D eigenvalue weighted by molar-refractivity contribution is 0.524. The zero-order valence-electron chi connectivity index (χ0n) is 8.56. The molecule has 76 valence electrons. The van der Waals surface area contributed by atoms with Gasteiger partial charge in [-0.15, -0.1) is 0 Å². The molecule has 0 spiro atoms. The number of aryl methyl sites for hydroxylation is 1. The predicted molar refractivity (Wildman–Crippen MR) is 52.2 cm³/mol. The van der Waals surface area contributed by atoms with Gasteiger partial charge >= 0.3 is 0 Å². The molecule has 0 amide bonds. The molecule has 0 bridgehead atoms. The van der Waals surface area contributed by atoms with E-state index in [1.807, 2.05) is 0 Å². The molecule has 0 aliphatic heterocycles. The van der Waals surface area contributed by atoms with Crippen molar-refractivity contribution in [3.8, 4) is 6.07 Å². The fraction of sp³-hybridized carbons (Fsp3) is 0.667. The van der Waals surface area contributed by atoms with Crippen molar-refractivity contribution in [2.24, 2.45) is 0 Å². The van der Waals surface area contributed by atoms with Crippen LogP contribution in [0.4, 0.5) is 0 Å². The number of hydrogen-bond acceptors (Lipinski definition) is 4. The lowest BCUT2D eigenvalue weighted by atomic mass is 10.4. The molecule has 1 heterocycles. The van der Waals surface area contributed by atoms with E-state index in [1.165, 1.54) is 6.33 Å². The molecule has 0 aliphatic rings. The number of aromatic nitrogens is 3. The van der Waals surface area contributed by atoms with Crippen LogP contribution < -0.4 is 5.32 Å². The Balaban J connectivity index is 2.50. The Morgan fingerprint density at radius 3 is 3.07 bits per heavy atom. The number of rotatable bonds is 5. The predicted octanol–water partition coefficient (Wildman–Crippen LogP) is 0.690. The van der Waals surface area contributed by atoms with Crippen LogP contribution >= 0.6 is 0 Å². The molecule has 0 radical (unpaired) electrons. The highest BCUT2D eigenvalue weighted by atomic mass is 15.3. The number of nitrogens with one attached hydrogen (secondary N) is 1. The molecule has 0 saturated carbocycles. The van der Waals surface area contributed by atoms with E-state index in [1.54, 1.807) is 4.68 Å². The quantitative estimate of drug-likeness (QED) is 0.747. The Bertz CT molecular complexity index is 309. The van der Waals surface area contributed by atoms with Crippen molar-refractivity contribution < 1.29 is 0 Å². The van der Waals surface area contributed by atoms with Crippen LogP contribution in [0.5, 0.6) is 0 Å². The van der Waals surface area contributed by atoms with Crippen LogP contribution in [0.3, 0.4) is 0 Å². The Morgan fingerprint density at radius 2 is 2.43 bits per heavy atom. The first-order valence-electron chi connectivity index (χ1n) is 4.71. The van der Waals surface area contributed by atoms with Gasteiger partial charge in [-0.05, 0) is 0 Å². The van der Waals surface area contributed by atoms with Crippen molar-refractivity contribution >= 4 is 0 Å². The zero-order valence-corrected chi connectivity index (χ0v) is 8.56. The van der Waals surface area contributed by atoms with E-state index in [0.717, 1.165) is 5.82 Å². The van der Waals surface area contributed by atoms with E-state index in [2.05, 4.69) is 35.3 Å². The topological polar surface area (TPSA) is 66.5 Å². The Labute approximate surface area is 83.8 Å². The highest BCUT2D eigenvalue weighted by Gasteiger charge is 2.03. The minimum Gasteiger partial charge on any atom is -0.308 e. The smallest absolute Gasteiger partial charge is 0.140 e. The monoisotopic (exact) mass is 193 g/mol. The molecule has 0 fully saturated rings. The number of nitrogens with zero attached hydrogens (tertiary/aromatic N) is 4. The van der Waals surface area contributed by atoms with Crippen LogP contribution in [0, 0.1) is 11.3 Å². The summed E-state index contributed by atoms with van der Waals surface area (Å²) in [4.78, 5) is 4.12. The normalized spacial score (nSPS) is 10.4. The summed E-state index contributed by atoms with van der Waals surface area (Å²) in [6, 6.07) is 2.52. The highest BCUT2D eigenvalue weighted by Crippen LogP contribution is 1.96. The summed E-state index contributed by atoms with van der Waals surface area (Å²) in [5, 5.41) is 15.8. The lowest BCUT2D eigenvalue weighted by Gasteiger charge is -2.07. The summed E-state index contributed by atoms with van der Waals surface area (Å²) in [6.45, 7) is 5.47. The molecule has 5 nitrogen and oxygen atoms in total. The summed E-state index contributed by atoms with van der Waals surface area (Å²) >= 11 is 0. The third-order valence-electron chi connectivity index (χ3n) is 1.80. The fourth-order valence-electron chi connectivity index (χ4n) is 1.06. The molecular weight excluding hydrogens is 178 g/mol. The van der Waals surface area contributed by atoms with Gasteiger partial charge in [-0.3, -0.25) is 0 Å². The van der Waals surface area contributed by atoms with Crippen LogP contribution in [0.1, 0.15) is 26.1 Å². The molecule has 0 atom stereocenters. The summed E-state index contributed by atoms with van der Waals surface area (Å²) in [5.41, 5.74) is 0. The maximum Gasteiger partial charge on any atom is 0.140 e. The minimum atomic E-state index is 0.427. The van der Waals surface area contributed by atoms with Crippen molar-refractivity contribution in [3.05, 3.63) is 12.2 Å². The molecule has 0 aromatic carbocycles. The molecule has 0 unspecified atom stereocenters. The van der Waals surface area contributed by atoms with Gasteiger partial charge in [0.15, 0.2) is 0 Å². The SMILES string of the molecule is CC(C)NCc1ncnn1CCC#N. The van der Waals surface area contributed by atoms with Gasteiger partial charge in [0.05, 0.1) is 25.6 Å². The van der Waals surface area contributed by atoms with E-state index in [0.29, 0.717) is 25.6 Å². The van der Waals surface area contributed by atoms with Crippen LogP contribution in [-0.4, -0.2) is 20.8 Å². The summed E-state index contributed by atoms with van der Waals surface area (Å²) < 4.78 is 1.76. The van der Waals surface area contributed by atoms with E-state index in [9.17, 15) is 0 Å². The van der Waals surface area contributed by atoms with Crippen molar-refractivity contribution in [1.29, 1.82) is 5.26 Å². The van der Waals surface area contributed by atoms with Crippen molar-refractivity contribution in [1.82, 2.24) is 20.1 Å². The largest absolute Gasteiger partial charge is 0.308 e. The molecule has 1 aromatic rings. The van der Waals surface area contributed by atoms with Gasteiger partial charge in [-0.1, -0.05) is 13.8 Å². The van der Waals surface area contributed by atoms with Gasteiger partial charge in [-0.2, -0.15) is 10.4 Å². The molecule has 1 N–H and O–H groups in total. The van der Waals surface area contributed by atoms with E-state index in [4.69, 9.17) is 5.26 Å². The first kappa shape index (κ1) is 10.7. The highest BCUT2D eigenvalue weighted by molar-refractivity contribution is 4.85. The van der Waals surface area contributed by atoms with Crippen molar-refractivity contribution in [3.63, 3.8) is 0 Å². The summed E-state index contributed by atoms with van der Waals surface area (Å²) in [5.74, 6) is 0.883. The Kier molecular flexibility index (Phi) is 4.08. The van der Waals surface area contributed by atoms with Gasteiger partial charge in [0.2, 0.25) is 0 Å². The van der Waals surface area contributed by atoms with E-state index in [-0.39, 0.29) is 0 Å². The lowest BCUT2D eigenvalue weighted by Crippen LogP contribution is -2.24. The third kappa shape index (κ3) is 3.15. The Hall–Kier alpha value is -1.41. The van der Waals surface area contributed by atoms with Crippen molar-refractivity contribution in [2.75, 3.05) is 0 Å². The van der Waals surface area contributed by atoms with Gasteiger partial charge in [0.25, 0.3) is 0 Å². The first-order valence-corrected chi connectivity index (χ1v) is 4.71. The van der Waals surface area contributed by atoms with E-state index >= 15 is 0 Å². The van der Waals surface area contributed by atoms with Crippen LogP contribution in [-0.2, 0) is 13.1 Å². The standard InChI is InChI=1S/C9H15N5/c1-8(2)11-6-9-12-7-13-14(9)5-3-4-10/h7-8,11H,3,5-6H2,1-2H3. The van der Waals surface area contributed by atoms with E-state index < -0.39 is 0 Å². The van der Waals surface area contributed by atoms with Gasteiger partial charge in [-0.25, -0.2) is 9.67 Å². The minimum absolute atomic E-state index is 0.427. The zero-order chi connectivity index (χ0) is 10.4. The number of nitriles is 1. The third-order valence-corrected chi connectivity index (χ3v) is 1.80. The van der Waals surface area contributed by atoms with Gasteiger partial charge in [0.1, 0.15) is 12.2 Å². The molecule has 0 aliphatic carbocycles. The molecule has 5 heteroatoms. The van der Waals surface area contributed by atoms with Gasteiger partial charge in [0, 0.05) is 6.04 Å². The second-order valence-electron chi connectivity index (χ2n) is 3.34. The molecule has 14 heavy (non-hydrogen) atoms. The average Bonchev–Trinajstić information content (AvgIpc) is 2.58. The summed E-state index contributed by atoms with van der Waals surface area (Å²) in [6.07, 6.45) is 1.99. The molecule has 1 aromatic heterocycles. The maximum atomic E-state index is 8.45. The maximum absolute atomic E-state index is 8.45. The van der Waals surface area contributed by atoms with Gasteiger partial charge < -0.3 is 5.32 Å². The molecule has 1 rings (SSSR count). The van der Waals surface area contributed by atoms with Crippen LogP contribution in [0.25, 0.3) is 0 Å². The average molecular weight is 193 g/mol. The Morgan fingerprint density at radius 1 is 1.64 bits per heavy atom. The van der Waals surface area contributed by atoms with Crippen LogP contribution in [0.15, 0.2) is 6.33 Å². The second kappa shape index (κ2) is 5.35. The van der Waals surface area contributed by atoms with Crippen LogP contribution in [0.2, 0.25) is 0 Å². The fourth-order valence-corrected chi connectivity index (χ4v) is 1.06. The van der Waals surface area contributed by atoms with Crippen molar-refractivity contribution in [2.45, 2.75) is 39.4 Å². The molecule has 0 saturated heterocycles. The first-order chi connectivity index (χ1) is 6.74. The number of hydrogen-bond donors (Lipinski definition) is 1. The summed E-state index contributed by atoms with van der Waals surface area (Å²) in [7, 11) is 0.